The van der Waals surface area contributed by atoms with Crippen LogP contribution in [0.1, 0.15) is 21.8 Å². The largest absolute Gasteiger partial charge is 0.338 e. The summed E-state index contributed by atoms with van der Waals surface area (Å²) in [4.78, 5) is 21.6. The van der Waals surface area contributed by atoms with Gasteiger partial charge in [-0.3, -0.25) is 14.4 Å². The van der Waals surface area contributed by atoms with E-state index in [4.69, 9.17) is 16.1 Å². The van der Waals surface area contributed by atoms with Crippen LogP contribution in [0.4, 0.5) is 5.69 Å². The lowest BCUT2D eigenvalue weighted by molar-refractivity contribution is 0.0615. The van der Waals surface area contributed by atoms with Crippen LogP contribution in [0, 0.1) is 6.92 Å². The average molecular weight is 631 g/mol. The Kier molecular flexibility index (Phi) is 8.03. The van der Waals surface area contributed by atoms with Gasteiger partial charge < -0.3 is 9.42 Å². The summed E-state index contributed by atoms with van der Waals surface area (Å²) in [7, 11) is -3.96. The fourth-order valence-corrected chi connectivity index (χ4v) is 6.02. The van der Waals surface area contributed by atoms with Crippen molar-refractivity contribution in [2.24, 2.45) is 0 Å². The molecule has 1 aromatic heterocycles. The van der Waals surface area contributed by atoms with E-state index in [-0.39, 0.29) is 21.4 Å². The molecule has 1 aliphatic rings. The van der Waals surface area contributed by atoms with Crippen molar-refractivity contribution in [3.05, 3.63) is 93.2 Å². The van der Waals surface area contributed by atoms with Gasteiger partial charge in [-0.1, -0.05) is 53.2 Å². The summed E-state index contributed by atoms with van der Waals surface area (Å²) in [5.41, 5.74) is 2.33. The molecule has 0 aliphatic carbocycles. The Hall–Kier alpha value is -3.25. The Morgan fingerprint density at radius 3 is 2.54 bits per heavy atom. The number of hydrogen-bond acceptors (Lipinski definition) is 7. The molecule has 1 fully saturated rings. The predicted octanol–water partition coefficient (Wildman–Crippen LogP) is 5.22. The highest BCUT2D eigenvalue weighted by Gasteiger charge is 2.27. The van der Waals surface area contributed by atoms with Crippen LogP contribution in [0.5, 0.6) is 0 Å². The number of nitrogens with one attached hydrogen (secondary N) is 1. The second-order valence-corrected chi connectivity index (χ2v) is 12.1. The van der Waals surface area contributed by atoms with E-state index in [0.29, 0.717) is 54.6 Å². The maximum atomic E-state index is 13.3. The Balaban J connectivity index is 1.24. The zero-order valence-corrected chi connectivity index (χ0v) is 24.1. The van der Waals surface area contributed by atoms with E-state index in [2.05, 4.69) is 35.7 Å². The highest BCUT2D eigenvalue weighted by molar-refractivity contribution is 9.10. The number of hydrogen-bond donors (Lipinski definition) is 1. The normalized spacial score (nSPS) is 14.4. The molecule has 3 aromatic carbocycles. The number of sulfonamides is 1. The summed E-state index contributed by atoms with van der Waals surface area (Å²) >= 11 is 9.72. The summed E-state index contributed by atoms with van der Waals surface area (Å²) in [5.74, 6) is 0.716. The third-order valence-corrected chi connectivity index (χ3v) is 8.75. The van der Waals surface area contributed by atoms with E-state index >= 15 is 0 Å². The number of halogens is 2. The van der Waals surface area contributed by atoms with Gasteiger partial charge in [0.25, 0.3) is 15.9 Å². The summed E-state index contributed by atoms with van der Waals surface area (Å²) in [6.07, 6.45) is 0. The van der Waals surface area contributed by atoms with Crippen LogP contribution < -0.4 is 4.72 Å². The number of benzene rings is 3. The topological polar surface area (TPSA) is 109 Å². The molecule has 1 N–H and O–H groups in total. The SMILES string of the molecule is Cc1ccc(Br)c(NS(=O)(=O)c2ccc(Cl)c(C(=O)N3CCN(Cc4nc(-c5ccccc5)no4)CC3)c2)c1. The van der Waals surface area contributed by atoms with E-state index in [9.17, 15) is 13.2 Å². The van der Waals surface area contributed by atoms with Gasteiger partial charge in [0.1, 0.15) is 0 Å². The number of carbonyl (C=O) groups is 1. The van der Waals surface area contributed by atoms with E-state index in [1.54, 1.807) is 17.0 Å². The summed E-state index contributed by atoms with van der Waals surface area (Å²) in [5, 5.41) is 4.25. The van der Waals surface area contributed by atoms with Crippen LogP contribution >= 0.6 is 27.5 Å². The van der Waals surface area contributed by atoms with Crippen LogP contribution in [-0.2, 0) is 16.6 Å². The first kappa shape index (κ1) is 27.3. The Labute approximate surface area is 239 Å². The Bertz CT molecular complexity index is 1610. The summed E-state index contributed by atoms with van der Waals surface area (Å²) < 4.78 is 34.8. The molecular weight excluding hydrogens is 606 g/mol. The third-order valence-electron chi connectivity index (χ3n) is 6.36. The van der Waals surface area contributed by atoms with Gasteiger partial charge in [-0.25, -0.2) is 8.42 Å². The lowest BCUT2D eigenvalue weighted by Gasteiger charge is -2.34. The molecule has 5 rings (SSSR count). The van der Waals surface area contributed by atoms with Crippen molar-refractivity contribution in [3.63, 3.8) is 0 Å². The van der Waals surface area contributed by atoms with Gasteiger partial charge in [0, 0.05) is 36.2 Å². The molecule has 0 radical (unpaired) electrons. The highest BCUT2D eigenvalue weighted by Crippen LogP contribution is 2.28. The fourth-order valence-electron chi connectivity index (χ4n) is 4.25. The number of aromatic nitrogens is 2. The number of piperazine rings is 1. The van der Waals surface area contributed by atoms with E-state index < -0.39 is 10.0 Å². The van der Waals surface area contributed by atoms with Crippen molar-refractivity contribution in [3.8, 4) is 11.4 Å². The molecule has 0 bridgehead atoms. The molecule has 4 aromatic rings. The van der Waals surface area contributed by atoms with Gasteiger partial charge in [0.15, 0.2) is 0 Å². The molecule has 12 heteroatoms. The smallest absolute Gasteiger partial charge is 0.261 e. The number of anilines is 1. The second kappa shape index (κ2) is 11.5. The third kappa shape index (κ3) is 6.33. The van der Waals surface area contributed by atoms with E-state index in [1.807, 2.05) is 43.3 Å². The molecular formula is C27H25BrClN5O4S. The van der Waals surface area contributed by atoms with E-state index in [1.165, 1.54) is 18.2 Å². The average Bonchev–Trinajstić information content (AvgIpc) is 3.40. The number of rotatable bonds is 7. The van der Waals surface area contributed by atoms with Crippen molar-refractivity contribution >= 4 is 49.1 Å². The quantitative estimate of drug-likeness (QED) is 0.298. The van der Waals surface area contributed by atoms with Crippen molar-refractivity contribution in [2.75, 3.05) is 30.9 Å². The van der Waals surface area contributed by atoms with Gasteiger partial charge in [0.2, 0.25) is 11.7 Å². The van der Waals surface area contributed by atoms with Crippen LogP contribution in [0.15, 0.2) is 80.6 Å². The first-order valence-electron chi connectivity index (χ1n) is 12.2. The number of nitrogens with zero attached hydrogens (tertiary/aromatic N) is 4. The van der Waals surface area contributed by atoms with Gasteiger partial charge >= 0.3 is 0 Å². The monoisotopic (exact) mass is 629 g/mol. The van der Waals surface area contributed by atoms with Crippen molar-refractivity contribution < 1.29 is 17.7 Å². The van der Waals surface area contributed by atoms with Gasteiger partial charge in [-0.2, -0.15) is 4.98 Å². The number of aryl methyl sites for hydroxylation is 1. The van der Waals surface area contributed by atoms with Crippen molar-refractivity contribution in [1.29, 1.82) is 0 Å². The van der Waals surface area contributed by atoms with E-state index in [0.717, 1.165) is 11.1 Å². The molecule has 1 saturated heterocycles. The molecule has 202 valence electrons. The maximum absolute atomic E-state index is 13.3. The Morgan fingerprint density at radius 2 is 1.79 bits per heavy atom. The second-order valence-electron chi connectivity index (χ2n) is 9.18. The van der Waals surface area contributed by atoms with Crippen molar-refractivity contribution in [2.45, 2.75) is 18.4 Å². The lowest BCUT2D eigenvalue weighted by atomic mass is 10.1. The molecule has 1 amide bonds. The number of amides is 1. The van der Waals surface area contributed by atoms with Gasteiger partial charge in [-0.15, -0.1) is 0 Å². The maximum Gasteiger partial charge on any atom is 0.261 e. The zero-order valence-electron chi connectivity index (χ0n) is 21.0. The molecule has 2 heterocycles. The van der Waals surface area contributed by atoms with Crippen LogP contribution in [-0.4, -0.2) is 60.4 Å². The zero-order chi connectivity index (χ0) is 27.6. The lowest BCUT2D eigenvalue weighted by Crippen LogP contribution is -2.48. The Morgan fingerprint density at radius 1 is 1.05 bits per heavy atom. The molecule has 0 spiro atoms. The van der Waals surface area contributed by atoms with Crippen LogP contribution in [0.2, 0.25) is 5.02 Å². The first-order chi connectivity index (χ1) is 18.7. The van der Waals surface area contributed by atoms with Crippen LogP contribution in [0.25, 0.3) is 11.4 Å². The molecule has 0 unspecified atom stereocenters. The van der Waals surface area contributed by atoms with Crippen molar-refractivity contribution in [1.82, 2.24) is 19.9 Å². The molecule has 39 heavy (non-hydrogen) atoms. The van der Waals surface area contributed by atoms with Gasteiger partial charge in [-0.05, 0) is 58.7 Å². The standard InChI is InChI=1S/C27H25BrClN5O4S/c1-18-7-9-22(28)24(15-18)32-39(36,37)20-8-10-23(29)21(16-20)27(35)34-13-11-33(12-14-34)17-25-30-26(31-38-25)19-5-3-2-4-6-19/h2-10,15-16,32H,11-14,17H2,1H3. The minimum absolute atomic E-state index is 0.0482. The molecule has 9 nitrogen and oxygen atoms in total. The minimum Gasteiger partial charge on any atom is -0.338 e. The first-order valence-corrected chi connectivity index (χ1v) is 14.8. The highest BCUT2D eigenvalue weighted by atomic mass is 79.9. The summed E-state index contributed by atoms with van der Waals surface area (Å²) in [6.45, 7) is 4.41. The molecule has 1 aliphatic heterocycles. The van der Waals surface area contributed by atoms with Crippen LogP contribution in [0.3, 0.4) is 0 Å². The minimum atomic E-state index is -3.96. The van der Waals surface area contributed by atoms with Gasteiger partial charge in [0.05, 0.1) is 27.7 Å². The number of carbonyl (C=O) groups excluding carboxylic acids is 1. The summed E-state index contributed by atoms with van der Waals surface area (Å²) in [6, 6.07) is 19.1. The predicted molar refractivity (Wildman–Crippen MR) is 152 cm³/mol. The fraction of sp³-hybridized carbons (Fsp3) is 0.222. The molecule has 0 saturated carbocycles. The molecule has 0 atom stereocenters.